The van der Waals surface area contributed by atoms with Crippen LogP contribution >= 0.6 is 0 Å². The summed E-state index contributed by atoms with van der Waals surface area (Å²) in [5.74, 6) is 0.598. The minimum atomic E-state index is 0.228. The van der Waals surface area contributed by atoms with Crippen LogP contribution in [0.4, 0.5) is 5.82 Å². The van der Waals surface area contributed by atoms with Gasteiger partial charge in [0.25, 0.3) is 0 Å². The van der Waals surface area contributed by atoms with Crippen molar-refractivity contribution in [3.63, 3.8) is 0 Å². The Bertz CT molecular complexity index is 296. The zero-order valence-electron chi connectivity index (χ0n) is 8.53. The maximum absolute atomic E-state index is 5.80. The fourth-order valence-electron chi connectivity index (χ4n) is 1.46. The summed E-state index contributed by atoms with van der Waals surface area (Å²) in [7, 11) is 0. The molecule has 0 aliphatic carbocycles. The molecule has 0 fully saturated rings. The lowest BCUT2D eigenvalue weighted by molar-refractivity contribution is 0.559. The molecule has 0 saturated heterocycles. The van der Waals surface area contributed by atoms with Crippen molar-refractivity contribution in [2.24, 2.45) is 0 Å². The highest BCUT2D eigenvalue weighted by atomic mass is 14.9. The van der Waals surface area contributed by atoms with E-state index >= 15 is 0 Å². The van der Waals surface area contributed by atoms with Gasteiger partial charge in [-0.05, 0) is 19.0 Å². The quantitative estimate of drug-likeness (QED) is 0.699. The van der Waals surface area contributed by atoms with E-state index in [-0.39, 0.29) is 6.04 Å². The average molecular weight is 191 g/mol. The Labute approximate surface area is 85.0 Å². The van der Waals surface area contributed by atoms with Gasteiger partial charge in [0.05, 0.1) is 0 Å². The van der Waals surface area contributed by atoms with E-state index in [4.69, 9.17) is 5.73 Å². The standard InChI is InChI=1S/C11H17N3/c1-3-6-10(13-4-2)9-7-5-8-14-11(9)12/h3,5,7-8,10,13H,1,4,6H2,2H3,(H2,12,14). The van der Waals surface area contributed by atoms with Crippen molar-refractivity contribution in [3.8, 4) is 0 Å². The first-order valence-corrected chi connectivity index (χ1v) is 4.84. The molecule has 1 aromatic heterocycles. The summed E-state index contributed by atoms with van der Waals surface area (Å²) in [4.78, 5) is 4.07. The van der Waals surface area contributed by atoms with Crippen LogP contribution in [0.5, 0.6) is 0 Å². The van der Waals surface area contributed by atoms with Gasteiger partial charge in [0, 0.05) is 17.8 Å². The number of anilines is 1. The molecule has 0 saturated carbocycles. The first-order valence-electron chi connectivity index (χ1n) is 4.84. The Kier molecular flexibility index (Phi) is 4.13. The van der Waals surface area contributed by atoms with Crippen LogP contribution in [0.15, 0.2) is 31.0 Å². The Balaban J connectivity index is 2.86. The van der Waals surface area contributed by atoms with Gasteiger partial charge in [-0.3, -0.25) is 0 Å². The van der Waals surface area contributed by atoms with E-state index in [0.29, 0.717) is 5.82 Å². The van der Waals surface area contributed by atoms with E-state index in [1.165, 1.54) is 0 Å². The van der Waals surface area contributed by atoms with Gasteiger partial charge in [0.2, 0.25) is 0 Å². The molecule has 1 atom stereocenters. The third kappa shape index (κ3) is 2.57. The molecule has 0 amide bonds. The van der Waals surface area contributed by atoms with Crippen LogP contribution in [-0.4, -0.2) is 11.5 Å². The van der Waals surface area contributed by atoms with E-state index in [9.17, 15) is 0 Å². The van der Waals surface area contributed by atoms with E-state index in [1.54, 1.807) is 6.20 Å². The molecule has 3 nitrogen and oxygen atoms in total. The SMILES string of the molecule is C=CCC(NCC)c1cccnc1N. The molecule has 1 heterocycles. The van der Waals surface area contributed by atoms with Crippen LogP contribution < -0.4 is 11.1 Å². The summed E-state index contributed by atoms with van der Waals surface area (Å²) in [6, 6.07) is 4.13. The summed E-state index contributed by atoms with van der Waals surface area (Å²) in [6.07, 6.45) is 4.46. The molecular weight excluding hydrogens is 174 g/mol. The van der Waals surface area contributed by atoms with E-state index in [0.717, 1.165) is 18.5 Å². The van der Waals surface area contributed by atoms with E-state index in [2.05, 4.69) is 23.8 Å². The number of nitrogens with zero attached hydrogens (tertiary/aromatic N) is 1. The van der Waals surface area contributed by atoms with Crippen LogP contribution in [0.3, 0.4) is 0 Å². The monoisotopic (exact) mass is 191 g/mol. The normalized spacial score (nSPS) is 12.4. The molecule has 1 unspecified atom stereocenters. The van der Waals surface area contributed by atoms with E-state index < -0.39 is 0 Å². The Morgan fingerprint density at radius 2 is 2.50 bits per heavy atom. The van der Waals surface area contributed by atoms with Gasteiger partial charge < -0.3 is 11.1 Å². The molecule has 3 N–H and O–H groups in total. The van der Waals surface area contributed by atoms with Crippen LogP contribution in [0.25, 0.3) is 0 Å². The molecule has 3 heteroatoms. The van der Waals surface area contributed by atoms with Gasteiger partial charge in [0.15, 0.2) is 0 Å². The van der Waals surface area contributed by atoms with Gasteiger partial charge >= 0.3 is 0 Å². The van der Waals surface area contributed by atoms with Crippen molar-refractivity contribution >= 4 is 5.82 Å². The zero-order chi connectivity index (χ0) is 10.4. The number of hydrogen-bond donors (Lipinski definition) is 2. The van der Waals surface area contributed by atoms with Crippen molar-refractivity contribution in [1.82, 2.24) is 10.3 Å². The number of nitrogen functional groups attached to an aromatic ring is 1. The fourth-order valence-corrected chi connectivity index (χ4v) is 1.46. The second-order valence-corrected chi connectivity index (χ2v) is 3.11. The number of nitrogens with two attached hydrogens (primary N) is 1. The first-order chi connectivity index (χ1) is 6.79. The lowest BCUT2D eigenvalue weighted by Crippen LogP contribution is -2.21. The number of rotatable bonds is 5. The number of pyridine rings is 1. The molecule has 1 rings (SSSR count). The molecule has 1 aromatic rings. The minimum absolute atomic E-state index is 0.228. The topological polar surface area (TPSA) is 50.9 Å². The minimum Gasteiger partial charge on any atom is -0.383 e. The van der Waals surface area contributed by atoms with Gasteiger partial charge in [-0.1, -0.05) is 19.1 Å². The van der Waals surface area contributed by atoms with Crippen molar-refractivity contribution in [3.05, 3.63) is 36.5 Å². The molecule has 0 radical (unpaired) electrons. The zero-order valence-corrected chi connectivity index (χ0v) is 8.53. The highest BCUT2D eigenvalue weighted by Gasteiger charge is 2.11. The largest absolute Gasteiger partial charge is 0.383 e. The van der Waals surface area contributed by atoms with Crippen molar-refractivity contribution in [2.75, 3.05) is 12.3 Å². The molecular formula is C11H17N3. The van der Waals surface area contributed by atoms with Gasteiger partial charge in [-0.2, -0.15) is 0 Å². The Morgan fingerprint density at radius 1 is 1.71 bits per heavy atom. The first kappa shape index (κ1) is 10.7. The fraction of sp³-hybridized carbons (Fsp3) is 0.364. The predicted molar refractivity (Wildman–Crippen MR) is 59.9 cm³/mol. The molecule has 0 aliphatic rings. The highest BCUT2D eigenvalue weighted by Crippen LogP contribution is 2.20. The molecule has 0 bridgehead atoms. The van der Waals surface area contributed by atoms with Crippen molar-refractivity contribution in [1.29, 1.82) is 0 Å². The maximum Gasteiger partial charge on any atom is 0.128 e. The highest BCUT2D eigenvalue weighted by molar-refractivity contribution is 5.41. The molecule has 76 valence electrons. The lowest BCUT2D eigenvalue weighted by Gasteiger charge is -2.17. The summed E-state index contributed by atoms with van der Waals surface area (Å²) in [6.45, 7) is 6.72. The summed E-state index contributed by atoms with van der Waals surface area (Å²) in [5.41, 5.74) is 6.85. The number of aromatic nitrogens is 1. The van der Waals surface area contributed by atoms with Crippen LogP contribution in [0.1, 0.15) is 24.9 Å². The molecule has 14 heavy (non-hydrogen) atoms. The number of nitrogens with one attached hydrogen (secondary N) is 1. The van der Waals surface area contributed by atoms with Crippen LogP contribution in [0, 0.1) is 0 Å². The molecule has 0 aliphatic heterocycles. The number of hydrogen-bond acceptors (Lipinski definition) is 3. The second kappa shape index (κ2) is 5.40. The maximum atomic E-state index is 5.80. The molecule has 0 aromatic carbocycles. The van der Waals surface area contributed by atoms with Crippen LogP contribution in [0.2, 0.25) is 0 Å². The Hall–Kier alpha value is -1.35. The van der Waals surface area contributed by atoms with E-state index in [1.807, 2.05) is 18.2 Å². The average Bonchev–Trinajstić information content (AvgIpc) is 2.18. The smallest absolute Gasteiger partial charge is 0.128 e. The second-order valence-electron chi connectivity index (χ2n) is 3.11. The molecule has 0 spiro atoms. The third-order valence-corrected chi connectivity index (χ3v) is 2.10. The predicted octanol–water partition coefficient (Wildman–Crippen LogP) is 1.89. The summed E-state index contributed by atoms with van der Waals surface area (Å²) in [5, 5.41) is 3.35. The summed E-state index contributed by atoms with van der Waals surface area (Å²) < 4.78 is 0. The van der Waals surface area contributed by atoms with Gasteiger partial charge in [-0.25, -0.2) is 4.98 Å². The third-order valence-electron chi connectivity index (χ3n) is 2.10. The van der Waals surface area contributed by atoms with Crippen molar-refractivity contribution < 1.29 is 0 Å². The van der Waals surface area contributed by atoms with Gasteiger partial charge in [-0.15, -0.1) is 6.58 Å². The van der Waals surface area contributed by atoms with Crippen molar-refractivity contribution in [2.45, 2.75) is 19.4 Å². The lowest BCUT2D eigenvalue weighted by atomic mass is 10.0. The Morgan fingerprint density at radius 3 is 3.07 bits per heavy atom. The summed E-state index contributed by atoms with van der Waals surface area (Å²) >= 11 is 0. The van der Waals surface area contributed by atoms with Crippen LogP contribution in [-0.2, 0) is 0 Å². The van der Waals surface area contributed by atoms with Gasteiger partial charge in [0.1, 0.15) is 5.82 Å².